The van der Waals surface area contributed by atoms with Gasteiger partial charge in [0.1, 0.15) is 0 Å². The number of fused-ring (bicyclic) bond motifs is 1. The minimum Gasteiger partial charge on any atom is -0.494 e. The molecule has 1 N–H and O–H groups in total. The van der Waals surface area contributed by atoms with Gasteiger partial charge in [-0.25, -0.2) is 13.0 Å². The molecule has 4 aromatic rings. The molecule has 3 aromatic carbocycles. The van der Waals surface area contributed by atoms with Crippen molar-refractivity contribution in [3.05, 3.63) is 97.7 Å². The van der Waals surface area contributed by atoms with Gasteiger partial charge in [0.05, 0.1) is 16.1 Å². The van der Waals surface area contributed by atoms with Gasteiger partial charge in [-0.05, 0) is 48.4 Å². The first-order valence-electron chi connectivity index (χ1n) is 12.1. The summed E-state index contributed by atoms with van der Waals surface area (Å²) in [4.78, 5) is 18.0. The molecular weight excluding hydrogens is 590 g/mol. The quantitative estimate of drug-likeness (QED) is 0.241. The first kappa shape index (κ1) is 28.0. The monoisotopic (exact) mass is 615 g/mol. The van der Waals surface area contributed by atoms with Gasteiger partial charge in [0.2, 0.25) is 15.9 Å². The van der Waals surface area contributed by atoms with E-state index in [1.165, 1.54) is 22.7 Å². The van der Waals surface area contributed by atoms with Crippen molar-refractivity contribution >= 4 is 54.5 Å². The predicted molar refractivity (Wildman–Crippen MR) is 157 cm³/mol. The number of hydrogen-bond acceptors (Lipinski definition) is 5. The summed E-state index contributed by atoms with van der Waals surface area (Å²) in [7, 11) is -3.76. The highest BCUT2D eigenvalue weighted by atomic mass is 79.9. The standard InChI is InChI=1S/C28H27BrClN3O4S/c1-3-32(4-2)38(36,37)22-9-7-8-21(17-22)33-27(34)24-11-6-5-10-23(24)25(28(33)35)18-31-15-14-19-12-13-20(29)16-26(19)30/h5-13,16-18,35H,3-4,14-15H2,1-2H3. The smallest absolute Gasteiger partial charge is 0.265 e. The molecule has 4 rings (SSSR count). The molecule has 38 heavy (non-hydrogen) atoms. The van der Waals surface area contributed by atoms with Crippen molar-refractivity contribution in [2.24, 2.45) is 4.99 Å². The number of aromatic nitrogens is 1. The van der Waals surface area contributed by atoms with Crippen molar-refractivity contribution in [3.63, 3.8) is 0 Å². The molecule has 0 saturated heterocycles. The molecule has 0 atom stereocenters. The van der Waals surface area contributed by atoms with Crippen molar-refractivity contribution in [2.45, 2.75) is 25.2 Å². The largest absolute Gasteiger partial charge is 0.494 e. The van der Waals surface area contributed by atoms with Crippen LogP contribution in [0.25, 0.3) is 16.5 Å². The Morgan fingerprint density at radius 3 is 2.42 bits per heavy atom. The summed E-state index contributed by atoms with van der Waals surface area (Å²) in [5.41, 5.74) is 1.08. The molecule has 1 heterocycles. The zero-order chi connectivity index (χ0) is 27.4. The number of benzene rings is 3. The van der Waals surface area contributed by atoms with E-state index in [1.807, 2.05) is 18.2 Å². The summed E-state index contributed by atoms with van der Waals surface area (Å²) in [6, 6.07) is 18.6. The van der Waals surface area contributed by atoms with Crippen molar-refractivity contribution in [1.29, 1.82) is 0 Å². The normalized spacial score (nSPS) is 12.1. The SMILES string of the molecule is CCN(CC)S(=O)(=O)c1cccc(-n2c(O)c(C=NCCc3ccc(Br)cc3Cl)c3ccccc3c2=O)c1. The van der Waals surface area contributed by atoms with Gasteiger partial charge in [0, 0.05) is 46.1 Å². The van der Waals surface area contributed by atoms with Gasteiger partial charge >= 0.3 is 0 Å². The number of nitrogens with zero attached hydrogens (tertiary/aromatic N) is 3. The van der Waals surface area contributed by atoms with Crippen LogP contribution in [-0.2, 0) is 16.4 Å². The molecule has 0 amide bonds. The van der Waals surface area contributed by atoms with Crippen LogP contribution in [0, 0.1) is 0 Å². The number of pyridine rings is 1. The van der Waals surface area contributed by atoms with Gasteiger partial charge in [0.25, 0.3) is 5.56 Å². The molecular formula is C28H27BrClN3O4S. The average molecular weight is 617 g/mol. The molecule has 7 nitrogen and oxygen atoms in total. The van der Waals surface area contributed by atoms with Crippen LogP contribution in [0.2, 0.25) is 5.02 Å². The van der Waals surface area contributed by atoms with Crippen LogP contribution >= 0.6 is 27.5 Å². The van der Waals surface area contributed by atoms with Crippen molar-refractivity contribution in [1.82, 2.24) is 8.87 Å². The van der Waals surface area contributed by atoms with Crippen molar-refractivity contribution in [2.75, 3.05) is 19.6 Å². The highest BCUT2D eigenvalue weighted by Crippen LogP contribution is 2.28. The lowest BCUT2D eigenvalue weighted by Crippen LogP contribution is -2.30. The van der Waals surface area contributed by atoms with Gasteiger partial charge < -0.3 is 5.11 Å². The molecule has 0 unspecified atom stereocenters. The highest BCUT2D eigenvalue weighted by Gasteiger charge is 2.23. The summed E-state index contributed by atoms with van der Waals surface area (Å²) < 4.78 is 29.6. The topological polar surface area (TPSA) is 92.0 Å². The van der Waals surface area contributed by atoms with Crippen LogP contribution in [0.15, 0.2) is 85.9 Å². The van der Waals surface area contributed by atoms with Crippen molar-refractivity contribution in [3.8, 4) is 11.6 Å². The second kappa shape index (κ2) is 11.8. The fourth-order valence-corrected chi connectivity index (χ4v) is 6.56. The van der Waals surface area contributed by atoms with E-state index in [0.717, 1.165) is 14.6 Å². The number of aromatic hydroxyl groups is 1. The molecule has 0 bridgehead atoms. The van der Waals surface area contributed by atoms with Gasteiger partial charge in [-0.15, -0.1) is 0 Å². The van der Waals surface area contributed by atoms with Crippen LogP contribution in [-0.4, -0.2) is 48.2 Å². The van der Waals surface area contributed by atoms with E-state index < -0.39 is 15.6 Å². The summed E-state index contributed by atoms with van der Waals surface area (Å²) in [6.45, 7) is 4.57. The zero-order valence-electron chi connectivity index (χ0n) is 20.9. The molecule has 0 aliphatic rings. The number of aliphatic imine (C=N–C) groups is 1. The van der Waals surface area contributed by atoms with Crippen LogP contribution in [0.3, 0.4) is 0 Å². The third kappa shape index (κ3) is 5.56. The molecule has 0 spiro atoms. The molecule has 198 valence electrons. The minimum atomic E-state index is -3.76. The lowest BCUT2D eigenvalue weighted by Gasteiger charge is -2.19. The Labute approximate surface area is 235 Å². The van der Waals surface area contributed by atoms with E-state index in [9.17, 15) is 18.3 Å². The number of halogens is 2. The van der Waals surface area contributed by atoms with Crippen LogP contribution in [0.4, 0.5) is 0 Å². The number of hydrogen-bond donors (Lipinski definition) is 1. The van der Waals surface area contributed by atoms with E-state index in [1.54, 1.807) is 50.2 Å². The van der Waals surface area contributed by atoms with Crippen molar-refractivity contribution < 1.29 is 13.5 Å². The van der Waals surface area contributed by atoms with Gasteiger partial charge in [-0.1, -0.05) is 71.7 Å². The molecule has 0 saturated carbocycles. The fourth-order valence-electron chi connectivity index (χ4n) is 4.29. The van der Waals surface area contributed by atoms with E-state index in [2.05, 4.69) is 20.9 Å². The minimum absolute atomic E-state index is 0.0414. The Morgan fingerprint density at radius 1 is 1.03 bits per heavy atom. The van der Waals surface area contributed by atoms with Gasteiger partial charge in [0.15, 0.2) is 0 Å². The zero-order valence-corrected chi connectivity index (χ0v) is 24.1. The molecule has 0 aliphatic heterocycles. The summed E-state index contributed by atoms with van der Waals surface area (Å²) in [5.74, 6) is -0.323. The Bertz CT molecular complexity index is 1680. The van der Waals surface area contributed by atoms with Crippen LogP contribution in [0.1, 0.15) is 25.0 Å². The number of sulfonamides is 1. The van der Waals surface area contributed by atoms with Gasteiger partial charge in [-0.3, -0.25) is 9.79 Å². The Balaban J connectivity index is 1.78. The number of rotatable bonds is 9. The maximum Gasteiger partial charge on any atom is 0.265 e. The first-order chi connectivity index (χ1) is 18.2. The lowest BCUT2D eigenvalue weighted by molar-refractivity contribution is 0.435. The maximum absolute atomic E-state index is 13.5. The first-order valence-corrected chi connectivity index (χ1v) is 14.7. The summed E-state index contributed by atoms with van der Waals surface area (Å²) >= 11 is 9.71. The second-order valence-electron chi connectivity index (χ2n) is 8.53. The van der Waals surface area contributed by atoms with E-state index >= 15 is 0 Å². The lowest BCUT2D eigenvalue weighted by atomic mass is 10.1. The predicted octanol–water partition coefficient (Wildman–Crippen LogP) is 5.80. The molecule has 0 aliphatic carbocycles. The fraction of sp³-hybridized carbons (Fsp3) is 0.214. The average Bonchev–Trinajstić information content (AvgIpc) is 2.90. The Kier molecular flexibility index (Phi) is 8.72. The van der Waals surface area contributed by atoms with E-state index in [4.69, 9.17) is 11.6 Å². The third-order valence-electron chi connectivity index (χ3n) is 6.27. The highest BCUT2D eigenvalue weighted by molar-refractivity contribution is 9.10. The van der Waals surface area contributed by atoms with E-state index in [0.29, 0.717) is 47.4 Å². The van der Waals surface area contributed by atoms with Gasteiger partial charge in [-0.2, -0.15) is 4.31 Å². The summed E-state index contributed by atoms with van der Waals surface area (Å²) in [6.07, 6.45) is 2.13. The molecule has 0 fully saturated rings. The maximum atomic E-state index is 13.5. The van der Waals surface area contributed by atoms with Crippen LogP contribution in [0.5, 0.6) is 5.88 Å². The Morgan fingerprint density at radius 2 is 1.74 bits per heavy atom. The molecule has 1 aromatic heterocycles. The van der Waals surface area contributed by atoms with Crippen LogP contribution < -0.4 is 5.56 Å². The molecule has 10 heteroatoms. The molecule has 0 radical (unpaired) electrons. The Hall–Kier alpha value is -2.98. The second-order valence-corrected chi connectivity index (χ2v) is 11.8. The summed E-state index contributed by atoms with van der Waals surface area (Å²) in [5, 5.41) is 12.8. The third-order valence-corrected chi connectivity index (χ3v) is 9.16. The van der Waals surface area contributed by atoms with E-state index in [-0.39, 0.29) is 16.5 Å².